The lowest BCUT2D eigenvalue weighted by Crippen LogP contribution is -2.15. The zero-order valence-electron chi connectivity index (χ0n) is 10.1. The molecular formula is C12H12N2O4S. The number of sulfonamides is 1. The number of aryl methyl sites for hydroxylation is 1. The molecule has 100 valence electrons. The number of amides is 1. The first-order valence-corrected chi connectivity index (χ1v) is 6.91. The molecule has 0 aliphatic rings. The molecule has 0 radical (unpaired) electrons. The van der Waals surface area contributed by atoms with E-state index in [9.17, 15) is 13.2 Å². The minimum absolute atomic E-state index is 0.0609. The Morgan fingerprint density at radius 3 is 2.63 bits per heavy atom. The average molecular weight is 280 g/mol. The minimum Gasteiger partial charge on any atom is -0.469 e. The molecule has 2 aromatic rings. The van der Waals surface area contributed by atoms with E-state index in [-0.39, 0.29) is 10.8 Å². The number of primary sulfonamides is 1. The quantitative estimate of drug-likeness (QED) is 0.889. The number of anilines is 1. The van der Waals surface area contributed by atoms with Crippen LogP contribution in [0.2, 0.25) is 0 Å². The number of furan rings is 1. The first kappa shape index (κ1) is 13.3. The van der Waals surface area contributed by atoms with Crippen molar-refractivity contribution in [2.24, 2.45) is 5.14 Å². The molecule has 1 heterocycles. The van der Waals surface area contributed by atoms with Gasteiger partial charge < -0.3 is 9.73 Å². The van der Waals surface area contributed by atoms with Gasteiger partial charge in [0, 0.05) is 5.69 Å². The molecule has 0 saturated carbocycles. The molecule has 0 saturated heterocycles. The standard InChI is InChI=1S/C12H12N2O4S/c1-8-11(5-6-18-8)12(15)14-9-3-2-4-10(7-9)19(13,16)17/h2-7H,1H3,(H,14,15)(H2,13,16,17). The number of benzene rings is 1. The van der Waals surface area contributed by atoms with Crippen LogP contribution in [0.25, 0.3) is 0 Å². The number of rotatable bonds is 3. The third-order valence-corrected chi connectivity index (χ3v) is 3.43. The van der Waals surface area contributed by atoms with Gasteiger partial charge in [-0.3, -0.25) is 4.79 Å². The van der Waals surface area contributed by atoms with Crippen LogP contribution in [0.15, 0.2) is 45.9 Å². The van der Waals surface area contributed by atoms with Gasteiger partial charge in [0.25, 0.3) is 5.91 Å². The van der Waals surface area contributed by atoms with Crippen molar-refractivity contribution < 1.29 is 17.6 Å². The molecule has 1 aromatic carbocycles. The summed E-state index contributed by atoms with van der Waals surface area (Å²) in [6, 6.07) is 7.25. The van der Waals surface area contributed by atoms with E-state index in [1.807, 2.05) is 0 Å². The molecule has 19 heavy (non-hydrogen) atoms. The zero-order valence-corrected chi connectivity index (χ0v) is 10.9. The number of carbonyl (C=O) groups excluding carboxylic acids is 1. The van der Waals surface area contributed by atoms with Crippen LogP contribution in [0.5, 0.6) is 0 Å². The molecule has 0 atom stereocenters. The van der Waals surface area contributed by atoms with Gasteiger partial charge >= 0.3 is 0 Å². The Hall–Kier alpha value is -2.12. The first-order chi connectivity index (χ1) is 8.88. The van der Waals surface area contributed by atoms with Crippen molar-refractivity contribution in [3.63, 3.8) is 0 Å². The number of nitrogens with one attached hydrogen (secondary N) is 1. The predicted molar refractivity (Wildman–Crippen MR) is 69.2 cm³/mol. The highest BCUT2D eigenvalue weighted by Crippen LogP contribution is 2.16. The summed E-state index contributed by atoms with van der Waals surface area (Å²) in [5.74, 6) is 0.109. The highest BCUT2D eigenvalue weighted by molar-refractivity contribution is 7.89. The van der Waals surface area contributed by atoms with E-state index in [0.29, 0.717) is 17.0 Å². The molecule has 0 aliphatic carbocycles. The summed E-state index contributed by atoms with van der Waals surface area (Å²) in [7, 11) is -3.79. The SMILES string of the molecule is Cc1occc1C(=O)Nc1cccc(S(N)(=O)=O)c1. The summed E-state index contributed by atoms with van der Waals surface area (Å²) in [5.41, 5.74) is 0.734. The fourth-order valence-corrected chi connectivity index (χ4v) is 2.13. The molecule has 3 N–H and O–H groups in total. The van der Waals surface area contributed by atoms with Crippen LogP contribution < -0.4 is 10.5 Å². The van der Waals surface area contributed by atoms with Crippen molar-refractivity contribution >= 4 is 21.6 Å². The van der Waals surface area contributed by atoms with Crippen molar-refractivity contribution in [2.75, 3.05) is 5.32 Å². The van der Waals surface area contributed by atoms with Gasteiger partial charge in [0.15, 0.2) is 0 Å². The Labute approximate surface area is 110 Å². The fraction of sp³-hybridized carbons (Fsp3) is 0.0833. The number of nitrogens with two attached hydrogens (primary N) is 1. The number of hydrogen-bond donors (Lipinski definition) is 2. The van der Waals surface area contributed by atoms with Crippen molar-refractivity contribution in [3.05, 3.63) is 47.9 Å². The van der Waals surface area contributed by atoms with Crippen LogP contribution in [0, 0.1) is 6.92 Å². The summed E-state index contributed by atoms with van der Waals surface area (Å²) in [5, 5.41) is 7.60. The Morgan fingerprint density at radius 2 is 2.05 bits per heavy atom. The van der Waals surface area contributed by atoms with Crippen molar-refractivity contribution in [1.82, 2.24) is 0 Å². The van der Waals surface area contributed by atoms with Crippen molar-refractivity contribution in [2.45, 2.75) is 11.8 Å². The molecular weight excluding hydrogens is 268 g/mol. The smallest absolute Gasteiger partial charge is 0.259 e. The van der Waals surface area contributed by atoms with Gasteiger partial charge in [-0.1, -0.05) is 6.07 Å². The predicted octanol–water partition coefficient (Wildman–Crippen LogP) is 1.49. The van der Waals surface area contributed by atoms with E-state index in [0.717, 1.165) is 0 Å². The summed E-state index contributed by atoms with van der Waals surface area (Å²) in [6.07, 6.45) is 1.41. The van der Waals surface area contributed by atoms with E-state index in [2.05, 4.69) is 5.32 Å². The van der Waals surface area contributed by atoms with Gasteiger partial charge in [0.05, 0.1) is 16.7 Å². The van der Waals surface area contributed by atoms with E-state index >= 15 is 0 Å². The average Bonchev–Trinajstić information content (AvgIpc) is 2.75. The normalized spacial score (nSPS) is 11.3. The summed E-state index contributed by atoms with van der Waals surface area (Å²) in [4.78, 5) is 11.8. The second-order valence-corrected chi connectivity index (χ2v) is 5.48. The van der Waals surface area contributed by atoms with Gasteiger partial charge in [-0.25, -0.2) is 13.6 Å². The van der Waals surface area contributed by atoms with Crippen LogP contribution >= 0.6 is 0 Å². The van der Waals surface area contributed by atoms with Crippen LogP contribution in [0.1, 0.15) is 16.1 Å². The van der Waals surface area contributed by atoms with Crippen LogP contribution in [0.3, 0.4) is 0 Å². The lowest BCUT2D eigenvalue weighted by Gasteiger charge is -2.06. The molecule has 7 heteroatoms. The Balaban J connectivity index is 2.25. The number of hydrogen-bond acceptors (Lipinski definition) is 4. The highest BCUT2D eigenvalue weighted by Gasteiger charge is 2.13. The van der Waals surface area contributed by atoms with E-state index in [1.54, 1.807) is 13.0 Å². The number of carbonyl (C=O) groups is 1. The second kappa shape index (κ2) is 4.87. The molecule has 0 aliphatic heterocycles. The third kappa shape index (κ3) is 3.01. The fourth-order valence-electron chi connectivity index (χ4n) is 1.57. The minimum atomic E-state index is -3.79. The topological polar surface area (TPSA) is 102 Å². The molecule has 0 bridgehead atoms. The van der Waals surface area contributed by atoms with E-state index in [4.69, 9.17) is 9.56 Å². The van der Waals surface area contributed by atoms with Crippen molar-refractivity contribution in [3.8, 4) is 0 Å². The van der Waals surface area contributed by atoms with Crippen LogP contribution in [0.4, 0.5) is 5.69 Å². The van der Waals surface area contributed by atoms with E-state index in [1.165, 1.54) is 30.5 Å². The molecule has 2 rings (SSSR count). The van der Waals surface area contributed by atoms with Crippen LogP contribution in [-0.2, 0) is 10.0 Å². The molecule has 6 nitrogen and oxygen atoms in total. The Morgan fingerprint density at radius 1 is 1.32 bits per heavy atom. The monoisotopic (exact) mass is 280 g/mol. The summed E-state index contributed by atoms with van der Waals surface area (Å²) < 4.78 is 27.4. The van der Waals surface area contributed by atoms with Crippen LogP contribution in [-0.4, -0.2) is 14.3 Å². The molecule has 1 aromatic heterocycles. The Bertz CT molecular complexity index is 719. The molecule has 0 fully saturated rings. The lowest BCUT2D eigenvalue weighted by atomic mass is 10.2. The van der Waals surface area contributed by atoms with Gasteiger partial charge in [0.1, 0.15) is 5.76 Å². The zero-order chi connectivity index (χ0) is 14.0. The van der Waals surface area contributed by atoms with Gasteiger partial charge in [-0.15, -0.1) is 0 Å². The Kier molecular flexibility index (Phi) is 3.41. The third-order valence-electron chi connectivity index (χ3n) is 2.52. The second-order valence-electron chi connectivity index (χ2n) is 3.92. The summed E-state index contributed by atoms with van der Waals surface area (Å²) in [6.45, 7) is 1.66. The first-order valence-electron chi connectivity index (χ1n) is 5.36. The maximum absolute atomic E-state index is 11.9. The van der Waals surface area contributed by atoms with E-state index < -0.39 is 10.0 Å². The largest absolute Gasteiger partial charge is 0.469 e. The van der Waals surface area contributed by atoms with Gasteiger partial charge in [-0.05, 0) is 31.2 Å². The molecule has 0 unspecified atom stereocenters. The maximum atomic E-state index is 11.9. The van der Waals surface area contributed by atoms with Gasteiger partial charge in [-0.2, -0.15) is 0 Å². The molecule has 0 spiro atoms. The lowest BCUT2D eigenvalue weighted by molar-refractivity contribution is 0.102. The molecule has 1 amide bonds. The maximum Gasteiger partial charge on any atom is 0.259 e. The highest BCUT2D eigenvalue weighted by atomic mass is 32.2. The van der Waals surface area contributed by atoms with Crippen molar-refractivity contribution in [1.29, 1.82) is 0 Å². The summed E-state index contributed by atoms with van der Waals surface area (Å²) >= 11 is 0. The van der Waals surface area contributed by atoms with Gasteiger partial charge in [0.2, 0.25) is 10.0 Å².